The van der Waals surface area contributed by atoms with Crippen LogP contribution in [-0.2, 0) is 21.0 Å². The van der Waals surface area contributed by atoms with Gasteiger partial charge in [-0.05, 0) is 47.4 Å². The van der Waals surface area contributed by atoms with Gasteiger partial charge in [-0.3, -0.25) is 0 Å². The van der Waals surface area contributed by atoms with Crippen molar-refractivity contribution in [3.05, 3.63) is 95.6 Å². The molecular weight excluding hydrogens is 444 g/mol. The van der Waals surface area contributed by atoms with Crippen LogP contribution < -0.4 is 0 Å². The third-order valence-corrected chi connectivity index (χ3v) is 7.65. The number of ether oxygens (including phenoxy) is 1. The van der Waals surface area contributed by atoms with E-state index in [0.29, 0.717) is 12.0 Å². The lowest BCUT2D eigenvalue weighted by molar-refractivity contribution is -0.231. The highest BCUT2D eigenvalue weighted by Crippen LogP contribution is 2.33. The maximum absolute atomic E-state index is 12.8. The molecule has 7 nitrogen and oxygen atoms in total. The highest BCUT2D eigenvalue weighted by Gasteiger charge is 2.43. The molecule has 0 amide bonds. The third-order valence-electron chi connectivity index (χ3n) is 5.87. The molecule has 0 spiro atoms. The number of aliphatic hydroxyl groups is 4. The highest BCUT2D eigenvalue weighted by molar-refractivity contribution is 7.91. The zero-order chi connectivity index (χ0) is 23.6. The Morgan fingerprint density at radius 2 is 1.39 bits per heavy atom. The number of benzene rings is 3. The van der Waals surface area contributed by atoms with Gasteiger partial charge < -0.3 is 25.2 Å². The minimum Gasteiger partial charge on any atom is -0.394 e. The van der Waals surface area contributed by atoms with Gasteiger partial charge >= 0.3 is 0 Å². The van der Waals surface area contributed by atoms with Gasteiger partial charge in [0.15, 0.2) is 0 Å². The van der Waals surface area contributed by atoms with Crippen LogP contribution in [-0.4, -0.2) is 59.9 Å². The maximum Gasteiger partial charge on any atom is 0.206 e. The second kappa shape index (κ2) is 9.72. The van der Waals surface area contributed by atoms with E-state index < -0.39 is 47.0 Å². The molecule has 8 heteroatoms. The van der Waals surface area contributed by atoms with Crippen molar-refractivity contribution in [2.75, 3.05) is 6.61 Å². The zero-order valence-electron chi connectivity index (χ0n) is 17.7. The van der Waals surface area contributed by atoms with Crippen molar-refractivity contribution in [2.45, 2.75) is 46.7 Å². The Morgan fingerprint density at radius 1 is 0.727 bits per heavy atom. The molecular formula is C25H26O7S. The van der Waals surface area contributed by atoms with Crippen molar-refractivity contribution in [3.63, 3.8) is 0 Å². The van der Waals surface area contributed by atoms with Crippen LogP contribution in [0.3, 0.4) is 0 Å². The van der Waals surface area contributed by atoms with Gasteiger partial charge in [-0.15, -0.1) is 0 Å². The van der Waals surface area contributed by atoms with Crippen LogP contribution in [0.1, 0.15) is 22.8 Å². The normalized spacial score (nSPS) is 25.6. The summed E-state index contributed by atoms with van der Waals surface area (Å²) in [4.78, 5) is 0.456. The number of hydrogen-bond donors (Lipinski definition) is 4. The van der Waals surface area contributed by atoms with Gasteiger partial charge in [0.05, 0.1) is 16.4 Å². The average Bonchev–Trinajstić information content (AvgIpc) is 2.84. The molecule has 4 rings (SSSR count). The molecule has 1 fully saturated rings. The summed E-state index contributed by atoms with van der Waals surface area (Å²) >= 11 is 0. The fraction of sp³-hybridized carbons (Fsp3) is 0.280. The fourth-order valence-corrected chi connectivity index (χ4v) is 5.30. The lowest BCUT2D eigenvalue weighted by Crippen LogP contribution is -2.55. The van der Waals surface area contributed by atoms with Gasteiger partial charge in [-0.25, -0.2) is 8.42 Å². The average molecular weight is 471 g/mol. The lowest BCUT2D eigenvalue weighted by atomic mass is 9.90. The van der Waals surface area contributed by atoms with E-state index in [4.69, 9.17) is 4.74 Å². The van der Waals surface area contributed by atoms with Gasteiger partial charge in [0.1, 0.15) is 30.5 Å². The van der Waals surface area contributed by atoms with Gasteiger partial charge in [0, 0.05) is 0 Å². The molecule has 0 radical (unpaired) electrons. The van der Waals surface area contributed by atoms with Crippen molar-refractivity contribution >= 4 is 9.84 Å². The summed E-state index contributed by atoms with van der Waals surface area (Å²) in [5.41, 5.74) is 2.39. The van der Waals surface area contributed by atoms with Crippen molar-refractivity contribution in [3.8, 4) is 0 Å². The summed E-state index contributed by atoms with van der Waals surface area (Å²) in [6.45, 7) is -0.487. The van der Waals surface area contributed by atoms with E-state index in [9.17, 15) is 28.8 Å². The van der Waals surface area contributed by atoms with Gasteiger partial charge in [0.25, 0.3) is 0 Å². The molecule has 33 heavy (non-hydrogen) atoms. The first-order valence-electron chi connectivity index (χ1n) is 10.6. The molecule has 174 valence electrons. The summed E-state index contributed by atoms with van der Waals surface area (Å²) in [5, 5.41) is 39.8. The Balaban J connectivity index is 1.52. The van der Waals surface area contributed by atoms with Gasteiger partial charge in [-0.2, -0.15) is 0 Å². The molecule has 0 bridgehead atoms. The minimum atomic E-state index is -3.58. The number of rotatable bonds is 6. The number of aliphatic hydroxyl groups excluding tert-OH is 4. The topological polar surface area (TPSA) is 124 Å². The van der Waals surface area contributed by atoms with E-state index in [1.165, 1.54) is 0 Å². The Morgan fingerprint density at radius 3 is 2.06 bits per heavy atom. The van der Waals surface area contributed by atoms with Crippen LogP contribution in [0.25, 0.3) is 0 Å². The first-order chi connectivity index (χ1) is 15.8. The predicted molar refractivity (Wildman–Crippen MR) is 120 cm³/mol. The largest absolute Gasteiger partial charge is 0.394 e. The third kappa shape index (κ3) is 4.86. The summed E-state index contributed by atoms with van der Waals surface area (Å²) in [5.74, 6) is 0. The van der Waals surface area contributed by atoms with E-state index in [2.05, 4.69) is 0 Å². The molecule has 0 unspecified atom stereocenters. The van der Waals surface area contributed by atoms with Crippen LogP contribution in [0.15, 0.2) is 88.7 Å². The second-order valence-electron chi connectivity index (χ2n) is 8.13. The van der Waals surface area contributed by atoms with E-state index in [-0.39, 0.29) is 9.79 Å². The second-order valence-corrected chi connectivity index (χ2v) is 10.1. The van der Waals surface area contributed by atoms with E-state index in [1.54, 1.807) is 66.7 Å². The number of hydrogen-bond acceptors (Lipinski definition) is 7. The van der Waals surface area contributed by atoms with Crippen molar-refractivity contribution in [2.24, 2.45) is 0 Å². The molecule has 1 heterocycles. The molecule has 0 aliphatic carbocycles. The van der Waals surface area contributed by atoms with Gasteiger partial charge in [-0.1, -0.05) is 54.6 Å². The highest BCUT2D eigenvalue weighted by atomic mass is 32.2. The van der Waals surface area contributed by atoms with Crippen LogP contribution in [0.5, 0.6) is 0 Å². The van der Waals surface area contributed by atoms with Crippen LogP contribution >= 0.6 is 0 Å². The smallest absolute Gasteiger partial charge is 0.206 e. The predicted octanol–water partition coefficient (Wildman–Crippen LogP) is 1.63. The van der Waals surface area contributed by atoms with Crippen molar-refractivity contribution < 1.29 is 33.6 Å². The minimum absolute atomic E-state index is 0.215. The molecule has 5 atom stereocenters. The van der Waals surface area contributed by atoms with E-state index in [0.717, 1.165) is 11.1 Å². The molecule has 1 aliphatic heterocycles. The first-order valence-corrected chi connectivity index (χ1v) is 12.1. The molecule has 3 aromatic rings. The summed E-state index contributed by atoms with van der Waals surface area (Å²) in [6, 6.07) is 22.2. The van der Waals surface area contributed by atoms with Gasteiger partial charge in [0.2, 0.25) is 9.84 Å². The lowest BCUT2D eigenvalue weighted by Gasteiger charge is -2.40. The Bertz CT molecular complexity index is 1180. The molecule has 1 aliphatic rings. The zero-order valence-corrected chi connectivity index (χ0v) is 18.5. The Kier molecular flexibility index (Phi) is 6.94. The SMILES string of the molecule is O=S(=O)(c1ccccc1)c1ccc(Cc2cccc([C@@H]3O[C@H](CO)[C@@H](O)[C@H](O)[C@H]3O)c2)cc1. The molecule has 1 saturated heterocycles. The first kappa shape index (κ1) is 23.6. The van der Waals surface area contributed by atoms with Crippen LogP contribution in [0.2, 0.25) is 0 Å². The Hall–Kier alpha value is -2.59. The van der Waals surface area contributed by atoms with Crippen molar-refractivity contribution in [1.82, 2.24) is 0 Å². The van der Waals surface area contributed by atoms with E-state index >= 15 is 0 Å². The van der Waals surface area contributed by atoms with Crippen LogP contribution in [0.4, 0.5) is 0 Å². The summed E-state index contributed by atoms with van der Waals surface area (Å²) in [7, 11) is -3.58. The quantitative estimate of drug-likeness (QED) is 0.432. The molecule has 0 aromatic heterocycles. The number of sulfone groups is 1. The molecule has 0 saturated carbocycles. The Labute approximate surface area is 192 Å². The fourth-order valence-electron chi connectivity index (χ4n) is 4.02. The van der Waals surface area contributed by atoms with Crippen molar-refractivity contribution in [1.29, 1.82) is 0 Å². The summed E-state index contributed by atoms with van der Waals surface area (Å²) < 4.78 is 31.2. The summed E-state index contributed by atoms with van der Waals surface area (Å²) in [6.07, 6.45) is -5.56. The monoisotopic (exact) mass is 470 g/mol. The standard InChI is InChI=1S/C25H26O7S/c26-15-21-22(27)23(28)24(29)25(32-21)18-6-4-5-17(14-18)13-16-9-11-20(12-10-16)33(30,31)19-7-2-1-3-8-19/h1-12,14,21-29H,13,15H2/t21-,22-,23+,24-,25+/m1/s1. The van der Waals surface area contributed by atoms with Crippen LogP contribution in [0, 0.1) is 0 Å². The maximum atomic E-state index is 12.8. The van der Waals surface area contributed by atoms with E-state index in [1.807, 2.05) is 12.1 Å². The molecule has 4 N–H and O–H groups in total. The molecule has 3 aromatic carbocycles.